The number of hydrogen-bond donors (Lipinski definition) is 0. The van der Waals surface area contributed by atoms with Crippen LogP contribution in [0.3, 0.4) is 0 Å². The van der Waals surface area contributed by atoms with Crippen LogP contribution in [0.15, 0.2) is 36.5 Å². The topological polar surface area (TPSA) is 52.7 Å². The van der Waals surface area contributed by atoms with Crippen LogP contribution >= 0.6 is 0 Å². The second-order valence-corrected chi connectivity index (χ2v) is 3.92. The van der Waals surface area contributed by atoms with Crippen molar-refractivity contribution in [2.45, 2.75) is 19.8 Å². The first-order valence-electron chi connectivity index (χ1n) is 5.20. The number of aromatic nitrogens is 3. The molecule has 0 fully saturated rings. The van der Waals surface area contributed by atoms with Crippen LogP contribution in [0, 0.1) is 5.21 Å². The smallest absolute Gasteiger partial charge is 0.331 e. The summed E-state index contributed by atoms with van der Waals surface area (Å²) in [5.41, 5.74) is 1.50. The minimum atomic E-state index is 0.0785. The first kappa shape index (κ1) is 10.5. The Morgan fingerprint density at radius 1 is 1.12 bits per heavy atom. The molecule has 2 rings (SSSR count). The molecule has 4 heteroatoms. The molecule has 82 valence electrons. The van der Waals surface area contributed by atoms with Crippen LogP contribution in [0.4, 0.5) is 0 Å². The van der Waals surface area contributed by atoms with Gasteiger partial charge >= 0.3 is 5.82 Å². The molecule has 0 amide bonds. The fraction of sp³-hybridized carbons (Fsp3) is 0.250. The van der Waals surface area contributed by atoms with Crippen LogP contribution in [0.2, 0.25) is 0 Å². The minimum Gasteiger partial charge on any atom is -0.711 e. The van der Waals surface area contributed by atoms with E-state index in [4.69, 9.17) is 0 Å². The zero-order valence-electron chi connectivity index (χ0n) is 9.29. The Hall–Kier alpha value is -1.97. The molecule has 4 nitrogen and oxygen atoms in total. The van der Waals surface area contributed by atoms with Crippen molar-refractivity contribution >= 4 is 0 Å². The standard InChI is InChI=1S/C12H13N3O/c1-9(2)12-14-13-11(8-15(12)16)10-6-4-3-5-7-10/h3-9H,1-2H3. The number of hydrogen-bond acceptors (Lipinski definition) is 3. The molecule has 0 bridgehead atoms. The molecular formula is C12H13N3O. The third-order valence-corrected chi connectivity index (χ3v) is 2.31. The molecule has 16 heavy (non-hydrogen) atoms. The molecular weight excluding hydrogens is 202 g/mol. The largest absolute Gasteiger partial charge is 0.711 e. The summed E-state index contributed by atoms with van der Waals surface area (Å²) in [7, 11) is 0. The van der Waals surface area contributed by atoms with Crippen molar-refractivity contribution in [2.24, 2.45) is 0 Å². The van der Waals surface area contributed by atoms with Crippen LogP contribution in [-0.4, -0.2) is 10.2 Å². The molecule has 0 aliphatic rings. The van der Waals surface area contributed by atoms with Gasteiger partial charge in [-0.15, -0.1) is 0 Å². The predicted molar refractivity (Wildman–Crippen MR) is 60.5 cm³/mol. The molecule has 0 radical (unpaired) electrons. The highest BCUT2D eigenvalue weighted by Gasteiger charge is 2.15. The van der Waals surface area contributed by atoms with Gasteiger partial charge in [0.25, 0.3) is 0 Å². The molecule has 0 atom stereocenters. The summed E-state index contributed by atoms with van der Waals surface area (Å²) in [6.07, 6.45) is 1.47. The molecule has 1 aromatic carbocycles. The van der Waals surface area contributed by atoms with E-state index in [-0.39, 0.29) is 5.92 Å². The normalized spacial score (nSPS) is 10.7. The van der Waals surface area contributed by atoms with Gasteiger partial charge in [0.1, 0.15) is 6.20 Å². The maximum absolute atomic E-state index is 11.7. The van der Waals surface area contributed by atoms with Crippen LogP contribution < -0.4 is 4.73 Å². The van der Waals surface area contributed by atoms with Crippen molar-refractivity contribution < 1.29 is 4.73 Å². The monoisotopic (exact) mass is 215 g/mol. The highest BCUT2D eigenvalue weighted by atomic mass is 16.5. The minimum absolute atomic E-state index is 0.0785. The molecule has 0 saturated carbocycles. The van der Waals surface area contributed by atoms with Gasteiger partial charge in [0.05, 0.1) is 11.0 Å². The third-order valence-electron chi connectivity index (χ3n) is 2.31. The van der Waals surface area contributed by atoms with Crippen molar-refractivity contribution in [3.63, 3.8) is 0 Å². The number of rotatable bonds is 2. The van der Waals surface area contributed by atoms with Crippen LogP contribution in [0.1, 0.15) is 25.6 Å². The molecule has 0 unspecified atom stereocenters. The summed E-state index contributed by atoms with van der Waals surface area (Å²) in [5, 5.41) is 19.7. The molecule has 0 spiro atoms. The second-order valence-electron chi connectivity index (χ2n) is 3.92. The van der Waals surface area contributed by atoms with Gasteiger partial charge in [-0.3, -0.25) is 0 Å². The Bertz CT molecular complexity index is 483. The van der Waals surface area contributed by atoms with Crippen LogP contribution in [0.25, 0.3) is 11.3 Å². The third kappa shape index (κ3) is 2.00. The summed E-state index contributed by atoms with van der Waals surface area (Å²) in [6, 6.07) is 9.54. The van der Waals surface area contributed by atoms with E-state index in [1.165, 1.54) is 6.20 Å². The fourth-order valence-corrected chi connectivity index (χ4v) is 1.46. The Labute approximate surface area is 94.2 Å². The van der Waals surface area contributed by atoms with Gasteiger partial charge < -0.3 is 5.21 Å². The number of benzene rings is 1. The lowest BCUT2D eigenvalue weighted by Gasteiger charge is -2.07. The lowest BCUT2D eigenvalue weighted by Crippen LogP contribution is -2.34. The van der Waals surface area contributed by atoms with E-state index in [0.29, 0.717) is 11.5 Å². The van der Waals surface area contributed by atoms with Crippen molar-refractivity contribution in [3.05, 3.63) is 47.6 Å². The molecule has 0 saturated heterocycles. The first-order valence-corrected chi connectivity index (χ1v) is 5.20. The zero-order chi connectivity index (χ0) is 11.5. The average molecular weight is 215 g/mol. The highest BCUT2D eigenvalue weighted by molar-refractivity contribution is 5.56. The van der Waals surface area contributed by atoms with Crippen molar-refractivity contribution in [1.29, 1.82) is 0 Å². The van der Waals surface area contributed by atoms with E-state index >= 15 is 0 Å². The van der Waals surface area contributed by atoms with Gasteiger partial charge in [-0.05, 0) is 5.10 Å². The van der Waals surface area contributed by atoms with Gasteiger partial charge in [-0.2, -0.15) is 0 Å². The Morgan fingerprint density at radius 3 is 2.38 bits per heavy atom. The maximum atomic E-state index is 11.7. The Kier molecular flexibility index (Phi) is 2.81. The van der Waals surface area contributed by atoms with Gasteiger partial charge in [0, 0.05) is 5.56 Å². The van der Waals surface area contributed by atoms with Gasteiger partial charge in [-0.25, -0.2) is 4.73 Å². The van der Waals surface area contributed by atoms with E-state index in [1.807, 2.05) is 44.2 Å². The summed E-state index contributed by atoms with van der Waals surface area (Å²) in [4.78, 5) is 0. The molecule has 0 N–H and O–H groups in total. The van der Waals surface area contributed by atoms with Gasteiger partial charge in [0.15, 0.2) is 5.69 Å². The number of nitrogens with zero attached hydrogens (tertiary/aromatic N) is 3. The second kappa shape index (κ2) is 4.26. The first-order chi connectivity index (χ1) is 7.68. The van der Waals surface area contributed by atoms with Crippen LogP contribution in [-0.2, 0) is 0 Å². The molecule has 1 aromatic heterocycles. The lowest BCUT2D eigenvalue weighted by atomic mass is 10.1. The molecule has 0 aliphatic carbocycles. The summed E-state index contributed by atoms with van der Waals surface area (Å²) >= 11 is 0. The molecule has 0 aliphatic heterocycles. The Balaban J connectivity index is 2.43. The average Bonchev–Trinajstić information content (AvgIpc) is 2.29. The van der Waals surface area contributed by atoms with Crippen molar-refractivity contribution in [2.75, 3.05) is 0 Å². The predicted octanol–water partition coefficient (Wildman–Crippen LogP) is 1.90. The Morgan fingerprint density at radius 2 is 1.81 bits per heavy atom. The van der Waals surface area contributed by atoms with E-state index in [0.717, 1.165) is 10.3 Å². The summed E-state index contributed by atoms with van der Waals surface area (Å²) in [5.74, 6) is 0.523. The van der Waals surface area contributed by atoms with Gasteiger partial charge in [0.2, 0.25) is 0 Å². The maximum Gasteiger partial charge on any atom is 0.331 e. The SMILES string of the molecule is CC(C)c1nnc(-c2ccccc2)c[n+]1[O-]. The summed E-state index contributed by atoms with van der Waals surface area (Å²) in [6.45, 7) is 3.83. The van der Waals surface area contributed by atoms with E-state index < -0.39 is 0 Å². The molecule has 2 aromatic rings. The lowest BCUT2D eigenvalue weighted by molar-refractivity contribution is -0.619. The summed E-state index contributed by atoms with van der Waals surface area (Å²) < 4.78 is 0.792. The van der Waals surface area contributed by atoms with E-state index in [9.17, 15) is 5.21 Å². The highest BCUT2D eigenvalue weighted by Crippen LogP contribution is 2.14. The van der Waals surface area contributed by atoms with Crippen LogP contribution in [0.5, 0.6) is 0 Å². The molecule has 1 heterocycles. The zero-order valence-corrected chi connectivity index (χ0v) is 9.29. The van der Waals surface area contributed by atoms with E-state index in [2.05, 4.69) is 10.2 Å². The van der Waals surface area contributed by atoms with Gasteiger partial charge in [-0.1, -0.05) is 44.2 Å². The van der Waals surface area contributed by atoms with Crippen molar-refractivity contribution in [1.82, 2.24) is 10.2 Å². The van der Waals surface area contributed by atoms with Crippen molar-refractivity contribution in [3.8, 4) is 11.3 Å². The quantitative estimate of drug-likeness (QED) is 0.568. The fourth-order valence-electron chi connectivity index (χ4n) is 1.46. The van der Waals surface area contributed by atoms with E-state index in [1.54, 1.807) is 0 Å².